The standard InChI is InChI=1S/C11H16N2O2S2/c1-13-4-5-16-7-9(13)11-12-8(6-17-11)2-3-10(14)15/h6,9H,2-5,7H2,1H3,(H,14,15). The number of hydrogen-bond donors (Lipinski definition) is 1. The van der Waals surface area contributed by atoms with Crippen LogP contribution in [0.25, 0.3) is 0 Å². The van der Waals surface area contributed by atoms with Crippen LogP contribution in [-0.4, -0.2) is 46.1 Å². The van der Waals surface area contributed by atoms with Crippen LogP contribution in [0.3, 0.4) is 0 Å². The largest absolute Gasteiger partial charge is 0.481 e. The van der Waals surface area contributed by atoms with E-state index in [2.05, 4.69) is 16.9 Å². The van der Waals surface area contributed by atoms with E-state index in [0.29, 0.717) is 12.5 Å². The molecule has 1 aliphatic heterocycles. The SMILES string of the molecule is CN1CCSCC1c1nc(CCC(=O)O)cs1. The molecule has 1 unspecified atom stereocenters. The fourth-order valence-corrected chi connectivity index (χ4v) is 4.11. The van der Waals surface area contributed by atoms with Gasteiger partial charge in [0.25, 0.3) is 0 Å². The lowest BCUT2D eigenvalue weighted by Crippen LogP contribution is -2.32. The Bertz CT molecular complexity index is 395. The van der Waals surface area contributed by atoms with E-state index in [1.54, 1.807) is 11.3 Å². The zero-order valence-corrected chi connectivity index (χ0v) is 11.4. The zero-order chi connectivity index (χ0) is 12.3. The molecule has 1 aliphatic rings. The van der Waals surface area contributed by atoms with Crippen molar-refractivity contribution >= 4 is 29.1 Å². The van der Waals surface area contributed by atoms with Crippen molar-refractivity contribution in [3.63, 3.8) is 0 Å². The lowest BCUT2D eigenvalue weighted by Gasteiger charge is -2.30. The third kappa shape index (κ3) is 3.43. The maximum Gasteiger partial charge on any atom is 0.303 e. The Morgan fingerprint density at radius 3 is 3.24 bits per heavy atom. The summed E-state index contributed by atoms with van der Waals surface area (Å²) in [5, 5.41) is 11.8. The van der Waals surface area contributed by atoms with Crippen molar-refractivity contribution < 1.29 is 9.90 Å². The van der Waals surface area contributed by atoms with Gasteiger partial charge in [-0.05, 0) is 7.05 Å². The molecule has 94 valence electrons. The summed E-state index contributed by atoms with van der Waals surface area (Å²) in [4.78, 5) is 17.4. The van der Waals surface area contributed by atoms with Crippen LogP contribution in [0, 0.1) is 0 Å². The van der Waals surface area contributed by atoms with Gasteiger partial charge in [-0.2, -0.15) is 11.8 Å². The molecule has 17 heavy (non-hydrogen) atoms. The average molecular weight is 272 g/mol. The second-order valence-corrected chi connectivity index (χ2v) is 6.18. The van der Waals surface area contributed by atoms with Crippen LogP contribution in [0.2, 0.25) is 0 Å². The highest BCUT2D eigenvalue weighted by molar-refractivity contribution is 7.99. The molecule has 6 heteroatoms. The second kappa shape index (κ2) is 5.84. The van der Waals surface area contributed by atoms with Crippen molar-refractivity contribution in [2.75, 3.05) is 25.1 Å². The van der Waals surface area contributed by atoms with E-state index >= 15 is 0 Å². The summed E-state index contributed by atoms with van der Waals surface area (Å²) in [5.74, 6) is 1.51. The maximum absolute atomic E-state index is 10.5. The Morgan fingerprint density at radius 2 is 2.53 bits per heavy atom. The van der Waals surface area contributed by atoms with Gasteiger partial charge in [-0.15, -0.1) is 11.3 Å². The first-order chi connectivity index (χ1) is 8.16. The number of aliphatic carboxylic acids is 1. The molecule has 1 aromatic heterocycles. The Kier molecular flexibility index (Phi) is 4.42. The minimum Gasteiger partial charge on any atom is -0.481 e. The van der Waals surface area contributed by atoms with Gasteiger partial charge in [0.1, 0.15) is 5.01 Å². The summed E-state index contributed by atoms with van der Waals surface area (Å²) in [6.07, 6.45) is 0.702. The highest BCUT2D eigenvalue weighted by atomic mass is 32.2. The first-order valence-electron chi connectivity index (χ1n) is 5.61. The van der Waals surface area contributed by atoms with E-state index in [4.69, 9.17) is 5.11 Å². The monoisotopic (exact) mass is 272 g/mol. The number of thioether (sulfide) groups is 1. The van der Waals surface area contributed by atoms with Crippen LogP contribution >= 0.6 is 23.1 Å². The van der Waals surface area contributed by atoms with E-state index in [-0.39, 0.29) is 6.42 Å². The molecular weight excluding hydrogens is 256 g/mol. The summed E-state index contributed by atoms with van der Waals surface area (Å²) in [7, 11) is 2.13. The molecule has 1 fully saturated rings. The van der Waals surface area contributed by atoms with E-state index in [1.807, 2.05) is 17.1 Å². The number of thiazole rings is 1. The van der Waals surface area contributed by atoms with E-state index in [0.717, 1.165) is 23.0 Å². The molecule has 1 saturated heterocycles. The van der Waals surface area contributed by atoms with Gasteiger partial charge in [-0.25, -0.2) is 4.98 Å². The third-order valence-electron chi connectivity index (χ3n) is 2.85. The van der Waals surface area contributed by atoms with Crippen molar-refractivity contribution in [1.29, 1.82) is 0 Å². The zero-order valence-electron chi connectivity index (χ0n) is 9.76. The molecule has 4 nitrogen and oxygen atoms in total. The number of carboxylic acids is 1. The molecule has 1 aromatic rings. The number of hydrogen-bond acceptors (Lipinski definition) is 5. The van der Waals surface area contributed by atoms with Crippen LogP contribution in [0.15, 0.2) is 5.38 Å². The molecule has 0 saturated carbocycles. The van der Waals surface area contributed by atoms with E-state index in [9.17, 15) is 4.79 Å². The minimum atomic E-state index is -0.759. The number of aryl methyl sites for hydroxylation is 1. The third-order valence-corrected chi connectivity index (χ3v) is 4.86. The first kappa shape index (κ1) is 12.9. The van der Waals surface area contributed by atoms with Gasteiger partial charge < -0.3 is 5.11 Å². The Hall–Kier alpha value is -0.590. The molecule has 0 radical (unpaired) electrons. The predicted octanol–water partition coefficient (Wildman–Crippen LogP) is 1.88. The van der Waals surface area contributed by atoms with Gasteiger partial charge in [0.15, 0.2) is 0 Å². The van der Waals surface area contributed by atoms with Crippen molar-refractivity contribution in [1.82, 2.24) is 9.88 Å². The Labute approximate surface area is 109 Å². The second-order valence-electron chi connectivity index (χ2n) is 4.14. The number of carbonyl (C=O) groups is 1. The van der Waals surface area contributed by atoms with E-state index < -0.39 is 5.97 Å². The number of carboxylic acid groups (broad SMARTS) is 1. The molecule has 0 aromatic carbocycles. The maximum atomic E-state index is 10.5. The summed E-state index contributed by atoms with van der Waals surface area (Å²) < 4.78 is 0. The van der Waals surface area contributed by atoms with Crippen molar-refractivity contribution in [3.8, 4) is 0 Å². The topological polar surface area (TPSA) is 53.4 Å². The molecule has 2 heterocycles. The molecular formula is C11H16N2O2S2. The number of rotatable bonds is 4. The summed E-state index contributed by atoms with van der Waals surface area (Å²) >= 11 is 3.61. The fraction of sp³-hybridized carbons (Fsp3) is 0.636. The molecule has 0 bridgehead atoms. The Morgan fingerprint density at radius 1 is 1.71 bits per heavy atom. The average Bonchev–Trinajstić information content (AvgIpc) is 2.75. The van der Waals surface area contributed by atoms with Crippen LogP contribution in [-0.2, 0) is 11.2 Å². The highest BCUT2D eigenvalue weighted by Gasteiger charge is 2.23. The van der Waals surface area contributed by atoms with Gasteiger partial charge >= 0.3 is 5.97 Å². The molecule has 2 rings (SSSR count). The molecule has 0 spiro atoms. The van der Waals surface area contributed by atoms with Gasteiger partial charge in [0.05, 0.1) is 18.2 Å². The van der Waals surface area contributed by atoms with Crippen LogP contribution in [0.1, 0.15) is 23.2 Å². The van der Waals surface area contributed by atoms with Gasteiger partial charge in [-0.1, -0.05) is 0 Å². The summed E-state index contributed by atoms with van der Waals surface area (Å²) in [6, 6.07) is 0.400. The van der Waals surface area contributed by atoms with Crippen LogP contribution in [0.5, 0.6) is 0 Å². The molecule has 1 N–H and O–H groups in total. The van der Waals surface area contributed by atoms with Crippen molar-refractivity contribution in [3.05, 3.63) is 16.1 Å². The fourth-order valence-electron chi connectivity index (χ4n) is 1.77. The molecule has 0 aliphatic carbocycles. The lowest BCUT2D eigenvalue weighted by atomic mass is 10.2. The number of aromatic nitrogens is 1. The normalized spacial score (nSPS) is 21.6. The Balaban J connectivity index is 1.99. The predicted molar refractivity (Wildman–Crippen MR) is 70.8 cm³/mol. The molecule has 1 atom stereocenters. The van der Waals surface area contributed by atoms with Gasteiger partial charge in [0, 0.05) is 29.9 Å². The van der Waals surface area contributed by atoms with Crippen molar-refractivity contribution in [2.24, 2.45) is 0 Å². The van der Waals surface area contributed by atoms with Crippen LogP contribution < -0.4 is 0 Å². The summed E-state index contributed by atoms with van der Waals surface area (Å²) in [6.45, 7) is 1.10. The first-order valence-corrected chi connectivity index (χ1v) is 7.64. The summed E-state index contributed by atoms with van der Waals surface area (Å²) in [5.41, 5.74) is 0.913. The highest BCUT2D eigenvalue weighted by Crippen LogP contribution is 2.30. The molecule has 0 amide bonds. The van der Waals surface area contributed by atoms with Gasteiger partial charge in [-0.3, -0.25) is 9.69 Å². The van der Waals surface area contributed by atoms with Gasteiger partial charge in [0.2, 0.25) is 0 Å². The van der Waals surface area contributed by atoms with E-state index in [1.165, 1.54) is 5.75 Å². The lowest BCUT2D eigenvalue weighted by molar-refractivity contribution is -0.136. The van der Waals surface area contributed by atoms with Crippen molar-refractivity contribution in [2.45, 2.75) is 18.9 Å². The minimum absolute atomic E-state index is 0.165. The van der Waals surface area contributed by atoms with Crippen LogP contribution in [0.4, 0.5) is 0 Å². The quantitative estimate of drug-likeness (QED) is 0.907. The smallest absolute Gasteiger partial charge is 0.303 e. The number of nitrogens with zero attached hydrogens (tertiary/aromatic N) is 2.